The second-order valence-electron chi connectivity index (χ2n) is 5.58. The summed E-state index contributed by atoms with van der Waals surface area (Å²) in [5.74, 6) is 0.307. The summed E-state index contributed by atoms with van der Waals surface area (Å²) in [6.45, 7) is 3.76. The van der Waals surface area contributed by atoms with Gasteiger partial charge < -0.3 is 10.1 Å². The average Bonchev–Trinajstić information content (AvgIpc) is 2.66. The van der Waals surface area contributed by atoms with Gasteiger partial charge in [0.1, 0.15) is 0 Å². The largest absolute Gasteiger partial charge is 0.382 e. The fourth-order valence-electron chi connectivity index (χ4n) is 2.38. The van der Waals surface area contributed by atoms with Crippen LogP contribution in [0.2, 0.25) is 0 Å². The third-order valence-electron chi connectivity index (χ3n) is 3.65. The van der Waals surface area contributed by atoms with Gasteiger partial charge in [-0.3, -0.25) is 4.79 Å². The smallest absolute Gasteiger partial charge is 0.197 e. The highest BCUT2D eigenvalue weighted by Crippen LogP contribution is 2.22. The molecular formula is C17H17NO2. The van der Waals surface area contributed by atoms with E-state index in [9.17, 15) is 9.90 Å². The predicted octanol–water partition coefficient (Wildman–Crippen LogP) is 2.84. The molecule has 2 unspecified atom stereocenters. The van der Waals surface area contributed by atoms with Crippen molar-refractivity contribution in [2.45, 2.75) is 19.4 Å². The van der Waals surface area contributed by atoms with E-state index in [1.807, 2.05) is 18.2 Å². The van der Waals surface area contributed by atoms with Crippen molar-refractivity contribution in [3.05, 3.63) is 57.0 Å². The van der Waals surface area contributed by atoms with Crippen LogP contribution in [0.15, 0.2) is 29.1 Å². The Bertz CT molecular complexity index is 730. The highest BCUT2D eigenvalue weighted by Gasteiger charge is 2.18. The summed E-state index contributed by atoms with van der Waals surface area (Å²) in [7, 11) is 0. The van der Waals surface area contributed by atoms with Crippen molar-refractivity contribution in [1.29, 1.82) is 0 Å². The Kier molecular flexibility index (Phi) is 2.87. The lowest BCUT2D eigenvalue weighted by Crippen LogP contribution is -2.15. The molecule has 0 aliphatic heterocycles. The van der Waals surface area contributed by atoms with Crippen molar-refractivity contribution in [1.82, 2.24) is 4.98 Å². The van der Waals surface area contributed by atoms with Crippen molar-refractivity contribution in [2.24, 2.45) is 5.92 Å². The average molecular weight is 267 g/mol. The SMILES string of the molecule is CC1C=Cc2[nH]c3c(c(=O)c2C=C1)C=CC(C)(O)C=C3. The zero-order chi connectivity index (χ0) is 14.3. The van der Waals surface area contributed by atoms with Gasteiger partial charge in [0, 0.05) is 22.5 Å². The van der Waals surface area contributed by atoms with E-state index in [1.54, 1.807) is 31.2 Å². The second kappa shape index (κ2) is 4.46. The van der Waals surface area contributed by atoms with Gasteiger partial charge in [0.15, 0.2) is 5.43 Å². The van der Waals surface area contributed by atoms with Crippen molar-refractivity contribution in [2.75, 3.05) is 0 Å². The summed E-state index contributed by atoms with van der Waals surface area (Å²) >= 11 is 0. The number of aromatic nitrogens is 1. The molecule has 1 heterocycles. The molecule has 0 fully saturated rings. The molecule has 102 valence electrons. The third-order valence-corrected chi connectivity index (χ3v) is 3.65. The summed E-state index contributed by atoms with van der Waals surface area (Å²) in [4.78, 5) is 15.9. The standard InChI is InChI=1S/C17H17NO2/c1-11-3-5-12-14(6-4-11)18-15-8-10-17(2,20)9-7-13(15)16(12)19/h3-11,20H,1-2H3,(H,18,19). The lowest BCUT2D eigenvalue weighted by atomic mass is 10.1. The first kappa shape index (κ1) is 12.9. The van der Waals surface area contributed by atoms with Crippen molar-refractivity contribution in [3.63, 3.8) is 0 Å². The highest BCUT2D eigenvalue weighted by molar-refractivity contribution is 5.74. The van der Waals surface area contributed by atoms with Gasteiger partial charge in [0.05, 0.1) is 5.60 Å². The zero-order valence-electron chi connectivity index (χ0n) is 11.6. The van der Waals surface area contributed by atoms with E-state index in [4.69, 9.17) is 0 Å². The van der Waals surface area contributed by atoms with Crippen LogP contribution in [0, 0.1) is 5.92 Å². The fourth-order valence-corrected chi connectivity index (χ4v) is 2.38. The number of allylic oxidation sites excluding steroid dienone is 2. The number of fused-ring (bicyclic) bond motifs is 2. The van der Waals surface area contributed by atoms with Crippen LogP contribution in [-0.4, -0.2) is 15.7 Å². The molecule has 2 aliphatic carbocycles. The summed E-state index contributed by atoms with van der Waals surface area (Å²) in [5, 5.41) is 10.0. The Labute approximate surface area is 117 Å². The zero-order valence-corrected chi connectivity index (χ0v) is 11.6. The van der Waals surface area contributed by atoms with Gasteiger partial charge in [0.25, 0.3) is 0 Å². The Hall–Kier alpha value is -2.13. The maximum Gasteiger partial charge on any atom is 0.197 e. The minimum atomic E-state index is -1.03. The number of rotatable bonds is 0. The molecule has 0 saturated heterocycles. The topological polar surface area (TPSA) is 53.1 Å². The Morgan fingerprint density at radius 3 is 2.45 bits per heavy atom. The number of aliphatic hydroxyl groups is 1. The maximum atomic E-state index is 12.6. The van der Waals surface area contributed by atoms with Crippen LogP contribution in [0.5, 0.6) is 0 Å². The molecule has 0 spiro atoms. The van der Waals surface area contributed by atoms with Gasteiger partial charge in [0.2, 0.25) is 0 Å². The lowest BCUT2D eigenvalue weighted by molar-refractivity contribution is 0.166. The number of aromatic amines is 1. The van der Waals surface area contributed by atoms with Gasteiger partial charge in [-0.15, -0.1) is 0 Å². The first-order valence-corrected chi connectivity index (χ1v) is 6.74. The van der Waals surface area contributed by atoms with Gasteiger partial charge in [-0.05, 0) is 43.2 Å². The van der Waals surface area contributed by atoms with Crippen LogP contribution >= 0.6 is 0 Å². The van der Waals surface area contributed by atoms with E-state index >= 15 is 0 Å². The first-order valence-electron chi connectivity index (χ1n) is 6.74. The van der Waals surface area contributed by atoms with Gasteiger partial charge in [-0.1, -0.05) is 25.2 Å². The lowest BCUT2D eigenvalue weighted by Gasteiger charge is -2.10. The molecule has 0 aromatic carbocycles. The number of nitrogens with one attached hydrogen (secondary N) is 1. The Balaban J connectivity index is 2.27. The second-order valence-corrected chi connectivity index (χ2v) is 5.58. The molecule has 0 saturated carbocycles. The molecular weight excluding hydrogens is 250 g/mol. The van der Waals surface area contributed by atoms with E-state index in [-0.39, 0.29) is 5.43 Å². The molecule has 2 N–H and O–H groups in total. The number of pyridine rings is 1. The number of hydrogen-bond acceptors (Lipinski definition) is 2. The van der Waals surface area contributed by atoms with Gasteiger partial charge in [-0.25, -0.2) is 0 Å². The van der Waals surface area contributed by atoms with Crippen LogP contribution in [0.1, 0.15) is 36.4 Å². The quantitative estimate of drug-likeness (QED) is 0.759. The van der Waals surface area contributed by atoms with Crippen LogP contribution in [0.3, 0.4) is 0 Å². The summed E-state index contributed by atoms with van der Waals surface area (Å²) in [6.07, 6.45) is 14.7. The van der Waals surface area contributed by atoms with Gasteiger partial charge in [-0.2, -0.15) is 0 Å². The highest BCUT2D eigenvalue weighted by atomic mass is 16.3. The fraction of sp³-hybridized carbons (Fsp3) is 0.235. The summed E-state index contributed by atoms with van der Waals surface area (Å²) in [5.41, 5.74) is 1.76. The monoisotopic (exact) mass is 267 g/mol. The molecule has 0 radical (unpaired) electrons. The normalized spacial score (nSPS) is 26.9. The Morgan fingerprint density at radius 2 is 1.65 bits per heavy atom. The van der Waals surface area contributed by atoms with E-state index in [0.717, 1.165) is 11.4 Å². The number of H-pyrrole nitrogens is 1. The van der Waals surface area contributed by atoms with Crippen LogP contribution < -0.4 is 5.43 Å². The summed E-state index contributed by atoms with van der Waals surface area (Å²) < 4.78 is 0. The number of hydrogen-bond donors (Lipinski definition) is 2. The molecule has 3 heteroatoms. The molecule has 1 aromatic rings. The van der Waals surface area contributed by atoms with Crippen LogP contribution in [-0.2, 0) is 0 Å². The molecule has 0 bridgehead atoms. The molecule has 3 nitrogen and oxygen atoms in total. The van der Waals surface area contributed by atoms with Crippen molar-refractivity contribution < 1.29 is 5.11 Å². The molecule has 0 amide bonds. The first-order chi connectivity index (χ1) is 9.46. The minimum absolute atomic E-state index is 0.0117. The maximum absolute atomic E-state index is 12.6. The predicted molar refractivity (Wildman–Crippen MR) is 83.0 cm³/mol. The van der Waals surface area contributed by atoms with Crippen LogP contribution in [0.4, 0.5) is 0 Å². The molecule has 2 aliphatic rings. The van der Waals surface area contributed by atoms with E-state index in [2.05, 4.69) is 18.0 Å². The summed E-state index contributed by atoms with van der Waals surface area (Å²) in [6, 6.07) is 0. The van der Waals surface area contributed by atoms with Crippen LogP contribution in [0.25, 0.3) is 24.3 Å². The van der Waals surface area contributed by atoms with E-state index in [0.29, 0.717) is 17.0 Å². The van der Waals surface area contributed by atoms with Gasteiger partial charge >= 0.3 is 0 Å². The van der Waals surface area contributed by atoms with E-state index < -0.39 is 5.60 Å². The molecule has 2 atom stereocenters. The third kappa shape index (κ3) is 2.21. The molecule has 1 aromatic heterocycles. The van der Waals surface area contributed by atoms with Crippen molar-refractivity contribution in [3.8, 4) is 0 Å². The molecule has 3 rings (SSSR count). The molecule has 20 heavy (non-hydrogen) atoms. The van der Waals surface area contributed by atoms with Crippen molar-refractivity contribution >= 4 is 24.3 Å². The van der Waals surface area contributed by atoms with E-state index in [1.165, 1.54) is 0 Å². The Morgan fingerprint density at radius 1 is 1.05 bits per heavy atom. The minimum Gasteiger partial charge on any atom is -0.382 e.